The second-order valence-electron chi connectivity index (χ2n) is 8.32. The molecule has 4 atom stereocenters. The third kappa shape index (κ3) is 2.14. The summed E-state index contributed by atoms with van der Waals surface area (Å²) in [6.45, 7) is 14.9. The van der Waals surface area contributed by atoms with Crippen LogP contribution >= 0.6 is 0 Å². The summed E-state index contributed by atoms with van der Waals surface area (Å²) in [5.74, 6) is 1.90. The van der Waals surface area contributed by atoms with Gasteiger partial charge in [-0.05, 0) is 39.0 Å². The summed E-state index contributed by atoms with van der Waals surface area (Å²) in [5, 5.41) is 0. The van der Waals surface area contributed by atoms with Crippen molar-refractivity contribution < 1.29 is 9.15 Å². The summed E-state index contributed by atoms with van der Waals surface area (Å²) in [6.07, 6.45) is 5.73. The molecule has 1 aromatic heterocycles. The zero-order chi connectivity index (χ0) is 18.7. The van der Waals surface area contributed by atoms with Gasteiger partial charge < -0.3 is 9.15 Å². The molecule has 0 bridgehead atoms. The van der Waals surface area contributed by atoms with Gasteiger partial charge in [-0.1, -0.05) is 50.5 Å². The third-order valence-corrected chi connectivity index (χ3v) is 6.75. The van der Waals surface area contributed by atoms with E-state index in [4.69, 9.17) is 9.15 Å². The van der Waals surface area contributed by atoms with Crippen LogP contribution in [0.3, 0.4) is 0 Å². The van der Waals surface area contributed by atoms with Crippen molar-refractivity contribution in [3.8, 4) is 5.95 Å². The molecule has 1 saturated carbocycles. The molecule has 0 amide bonds. The lowest BCUT2D eigenvalue weighted by molar-refractivity contribution is -0.0915. The van der Waals surface area contributed by atoms with E-state index in [1.165, 1.54) is 11.1 Å². The molecule has 1 aromatic rings. The highest BCUT2D eigenvalue weighted by atomic mass is 16.6. The van der Waals surface area contributed by atoms with Gasteiger partial charge >= 0.3 is 0 Å². The Labute approximate surface area is 150 Å². The molecule has 0 aromatic carbocycles. The van der Waals surface area contributed by atoms with Crippen LogP contribution in [0.5, 0.6) is 5.95 Å². The molecule has 136 valence electrons. The summed E-state index contributed by atoms with van der Waals surface area (Å²) < 4.78 is 11.6. The van der Waals surface area contributed by atoms with Gasteiger partial charge in [-0.15, -0.1) is 0 Å². The Morgan fingerprint density at radius 2 is 1.80 bits per heavy atom. The quantitative estimate of drug-likeness (QED) is 0.768. The molecule has 0 radical (unpaired) electrons. The summed E-state index contributed by atoms with van der Waals surface area (Å²) in [5.41, 5.74) is 3.91. The number of allylic oxidation sites excluding steroid dienone is 4. The fraction of sp³-hybridized carbons (Fsp3) is 0.591. The predicted octanol–water partition coefficient (Wildman–Crippen LogP) is 5.09. The predicted molar refractivity (Wildman–Crippen MR) is 101 cm³/mol. The Morgan fingerprint density at radius 1 is 1.16 bits per heavy atom. The van der Waals surface area contributed by atoms with E-state index in [2.05, 4.69) is 46.8 Å². The fourth-order valence-corrected chi connectivity index (χ4v) is 6.31. The molecule has 3 heteroatoms. The maximum absolute atomic E-state index is 12.8. The molecule has 3 rings (SSSR count). The summed E-state index contributed by atoms with van der Waals surface area (Å²) in [7, 11) is 1.56. The lowest BCUT2D eigenvalue weighted by Crippen LogP contribution is -2.65. The van der Waals surface area contributed by atoms with Crippen molar-refractivity contribution in [2.45, 2.75) is 60.3 Å². The second-order valence-corrected chi connectivity index (χ2v) is 8.32. The van der Waals surface area contributed by atoms with Gasteiger partial charge in [0.05, 0.1) is 12.7 Å². The number of fused-ring (bicyclic) bond motifs is 1. The third-order valence-electron chi connectivity index (χ3n) is 6.75. The first-order chi connectivity index (χ1) is 11.6. The van der Waals surface area contributed by atoms with Crippen molar-refractivity contribution in [1.29, 1.82) is 0 Å². The van der Waals surface area contributed by atoms with Crippen molar-refractivity contribution in [2.75, 3.05) is 7.11 Å². The van der Waals surface area contributed by atoms with E-state index in [9.17, 15) is 4.79 Å². The number of rotatable bonds is 3. The van der Waals surface area contributed by atoms with E-state index in [0.717, 1.165) is 17.7 Å². The zero-order valence-corrected chi connectivity index (χ0v) is 16.7. The highest BCUT2D eigenvalue weighted by Crippen LogP contribution is 2.70. The Morgan fingerprint density at radius 3 is 2.36 bits per heavy atom. The maximum Gasteiger partial charge on any atom is 0.291 e. The molecule has 1 fully saturated rings. The smallest absolute Gasteiger partial charge is 0.291 e. The Balaban J connectivity index is 2.26. The van der Waals surface area contributed by atoms with Gasteiger partial charge in [-0.3, -0.25) is 4.79 Å². The minimum atomic E-state index is -0.203. The van der Waals surface area contributed by atoms with Crippen LogP contribution in [-0.4, -0.2) is 7.11 Å². The van der Waals surface area contributed by atoms with Crippen LogP contribution < -0.4 is 10.2 Å². The minimum Gasteiger partial charge on any atom is -0.468 e. The van der Waals surface area contributed by atoms with E-state index >= 15 is 0 Å². The van der Waals surface area contributed by atoms with Crippen molar-refractivity contribution in [3.63, 3.8) is 0 Å². The number of hydrogen-bond acceptors (Lipinski definition) is 3. The molecule has 25 heavy (non-hydrogen) atoms. The topological polar surface area (TPSA) is 39.4 Å². The summed E-state index contributed by atoms with van der Waals surface area (Å²) in [6, 6.07) is 0. The molecule has 0 N–H and O–H groups in total. The monoisotopic (exact) mass is 342 g/mol. The van der Waals surface area contributed by atoms with E-state index in [0.29, 0.717) is 23.3 Å². The maximum atomic E-state index is 12.8. The van der Waals surface area contributed by atoms with Crippen LogP contribution in [0.1, 0.15) is 57.9 Å². The number of hydrogen-bond donors (Lipinski definition) is 0. The molecule has 0 unspecified atom stereocenters. The number of methoxy groups -OCH3 is 1. The molecule has 2 aliphatic rings. The van der Waals surface area contributed by atoms with E-state index in [1.807, 2.05) is 6.92 Å². The molecular formula is C22H30O3. The van der Waals surface area contributed by atoms with Crippen molar-refractivity contribution in [3.05, 3.63) is 50.4 Å². The van der Waals surface area contributed by atoms with Gasteiger partial charge in [0, 0.05) is 16.9 Å². The molecule has 3 nitrogen and oxygen atoms in total. The van der Waals surface area contributed by atoms with Gasteiger partial charge in [0.15, 0.2) is 5.43 Å². The highest BCUT2D eigenvalue weighted by Gasteiger charge is 2.67. The molecule has 0 saturated heterocycles. The molecule has 0 spiro atoms. The fourth-order valence-electron chi connectivity index (χ4n) is 6.31. The molecule has 1 heterocycles. The van der Waals surface area contributed by atoms with Gasteiger partial charge in [0.25, 0.3) is 5.95 Å². The molecule has 2 aliphatic carbocycles. The van der Waals surface area contributed by atoms with Gasteiger partial charge in [0.1, 0.15) is 5.76 Å². The van der Waals surface area contributed by atoms with Crippen LogP contribution in [0.4, 0.5) is 0 Å². The second kappa shape index (κ2) is 5.62. The Bertz CT molecular complexity index is 842. The van der Waals surface area contributed by atoms with Crippen LogP contribution in [-0.2, 0) is 5.41 Å². The van der Waals surface area contributed by atoms with Gasteiger partial charge in [0.2, 0.25) is 0 Å². The van der Waals surface area contributed by atoms with Crippen molar-refractivity contribution in [2.24, 2.45) is 17.3 Å². The van der Waals surface area contributed by atoms with Crippen molar-refractivity contribution >= 4 is 0 Å². The standard InChI is InChI=1S/C22H30O3/c1-9-16-21(6)11-12(2)10-13(3)18(21)22(16,7)19-14(4)17(23)15(5)20(24-8)25-19/h10-11,16,18H,9H2,1-8H3/t16-,18+,21+,22+/m0/s1. The van der Waals surface area contributed by atoms with Crippen LogP contribution in [0.2, 0.25) is 0 Å². The van der Waals surface area contributed by atoms with Gasteiger partial charge in [-0.25, -0.2) is 0 Å². The lowest BCUT2D eigenvalue weighted by atomic mass is 9.36. The summed E-state index contributed by atoms with van der Waals surface area (Å²) >= 11 is 0. The normalized spacial score (nSPS) is 33.9. The van der Waals surface area contributed by atoms with Crippen LogP contribution in [0.25, 0.3) is 0 Å². The SMILES string of the molecule is CC[C@H]1[C@@]2(C)C=C(C)C=C(C)[C@H]2[C@]1(C)c1oc(OC)c(C)c(=O)c1C. The van der Waals surface area contributed by atoms with Crippen LogP contribution in [0.15, 0.2) is 32.5 Å². The van der Waals surface area contributed by atoms with E-state index in [1.54, 1.807) is 14.0 Å². The van der Waals surface area contributed by atoms with E-state index < -0.39 is 0 Å². The zero-order valence-electron chi connectivity index (χ0n) is 16.7. The van der Waals surface area contributed by atoms with Crippen molar-refractivity contribution in [1.82, 2.24) is 0 Å². The molecule has 0 aliphatic heterocycles. The number of ether oxygens (including phenoxy) is 1. The van der Waals surface area contributed by atoms with Crippen LogP contribution in [0, 0.1) is 31.1 Å². The minimum absolute atomic E-state index is 0.0342. The Hall–Kier alpha value is -1.77. The van der Waals surface area contributed by atoms with E-state index in [-0.39, 0.29) is 16.3 Å². The average Bonchev–Trinajstić information content (AvgIpc) is 2.51. The average molecular weight is 342 g/mol. The first kappa shape index (κ1) is 18.0. The van der Waals surface area contributed by atoms with Gasteiger partial charge in [-0.2, -0.15) is 0 Å². The Kier molecular flexibility index (Phi) is 4.05. The largest absolute Gasteiger partial charge is 0.468 e. The summed E-state index contributed by atoms with van der Waals surface area (Å²) in [4.78, 5) is 12.8. The first-order valence-corrected chi connectivity index (χ1v) is 9.19. The lowest BCUT2D eigenvalue weighted by Gasteiger charge is -2.67. The highest BCUT2D eigenvalue weighted by molar-refractivity contribution is 5.47. The first-order valence-electron chi connectivity index (χ1n) is 9.19. The molecular weight excluding hydrogens is 312 g/mol.